The van der Waals surface area contributed by atoms with Crippen LogP contribution < -0.4 is 10.2 Å². The van der Waals surface area contributed by atoms with Gasteiger partial charge in [0.15, 0.2) is 5.78 Å². The largest absolute Gasteiger partial charge is 0.299 e. The number of pyridine rings is 1. The highest BCUT2D eigenvalue weighted by molar-refractivity contribution is 14.2. The maximum atomic E-state index is 11.6. The third kappa shape index (κ3) is 5.98. The molecule has 0 spiro atoms. The molecule has 3 heterocycles. The molecule has 0 saturated carbocycles. The third-order valence-corrected chi connectivity index (χ3v) is 9.59. The molecule has 1 aromatic heterocycles. The molecule has 1 fully saturated rings. The van der Waals surface area contributed by atoms with Crippen LogP contribution in [0.2, 0.25) is 0 Å². The Bertz CT molecular complexity index is 1320. The predicted molar refractivity (Wildman–Crippen MR) is 165 cm³/mol. The zero-order chi connectivity index (χ0) is 25.9. The molecular weight excluding hydrogens is 590 g/mol. The summed E-state index contributed by atoms with van der Waals surface area (Å²) in [5.74, 6) is 0.707. The SMILES string of the molecule is CC(=O)c1ccc(C2CCN(C/C(C)=C/c3c(-c4ccc5c(c4)CNN5PI)ccnc3C)CC2)cc1. The smallest absolute Gasteiger partial charge is 0.159 e. The average Bonchev–Trinajstić information content (AvgIpc) is 3.33. The van der Waals surface area contributed by atoms with Gasteiger partial charge in [0.1, 0.15) is 0 Å². The maximum Gasteiger partial charge on any atom is 0.159 e. The van der Waals surface area contributed by atoms with Gasteiger partial charge in [0.05, 0.1) is 12.1 Å². The van der Waals surface area contributed by atoms with E-state index >= 15 is 0 Å². The number of ketones is 1. The van der Waals surface area contributed by atoms with Crippen molar-refractivity contribution < 1.29 is 4.79 Å². The summed E-state index contributed by atoms with van der Waals surface area (Å²) in [7, 11) is 0. The summed E-state index contributed by atoms with van der Waals surface area (Å²) < 4.78 is 2.23. The molecule has 1 unspecified atom stereocenters. The van der Waals surface area contributed by atoms with Crippen LogP contribution in [0.15, 0.2) is 60.3 Å². The Labute approximate surface area is 235 Å². The number of halogens is 1. The van der Waals surface area contributed by atoms with Gasteiger partial charge in [-0.25, -0.2) is 5.43 Å². The van der Waals surface area contributed by atoms with Crippen LogP contribution in [-0.4, -0.2) is 35.3 Å². The number of benzene rings is 2. The fourth-order valence-corrected chi connectivity index (χ4v) is 7.25. The average molecular weight is 625 g/mol. The van der Waals surface area contributed by atoms with Crippen LogP contribution >= 0.6 is 28.4 Å². The molecule has 5 rings (SSSR count). The summed E-state index contributed by atoms with van der Waals surface area (Å²) >= 11 is 2.42. The van der Waals surface area contributed by atoms with E-state index in [0.717, 1.165) is 50.3 Å². The minimum atomic E-state index is 0.131. The predicted octanol–water partition coefficient (Wildman–Crippen LogP) is 7.31. The van der Waals surface area contributed by atoms with E-state index in [1.54, 1.807) is 6.92 Å². The molecule has 0 amide bonds. The van der Waals surface area contributed by atoms with Crippen LogP contribution in [0.1, 0.15) is 65.3 Å². The molecule has 2 aliphatic heterocycles. The van der Waals surface area contributed by atoms with Crippen molar-refractivity contribution in [3.8, 4) is 11.1 Å². The highest BCUT2D eigenvalue weighted by Gasteiger charge is 2.22. The molecule has 3 aromatic rings. The standard InChI is InChI=1S/C30H34IN4OP/c1-20(19-34-14-11-25(12-15-34)24-6-4-23(5-7-24)22(3)36)16-29-21(2)32-13-10-28(29)26-8-9-30-27(17-26)18-33-35(30)37-31/h4-10,13,16-17,25,33,37H,11-12,14-15,18-19H2,1-3H3/b20-16+. The minimum absolute atomic E-state index is 0.131. The Kier molecular flexibility index (Phi) is 8.40. The Morgan fingerprint density at radius 1 is 1.14 bits per heavy atom. The van der Waals surface area contributed by atoms with Crippen LogP contribution in [-0.2, 0) is 6.54 Å². The van der Waals surface area contributed by atoms with E-state index in [9.17, 15) is 4.79 Å². The number of hydrogen-bond acceptors (Lipinski definition) is 5. The van der Waals surface area contributed by atoms with E-state index in [0.29, 0.717) is 12.3 Å². The molecule has 1 atom stereocenters. The molecule has 1 N–H and O–H groups in total. The van der Waals surface area contributed by atoms with Crippen molar-refractivity contribution in [2.75, 3.05) is 24.4 Å². The molecule has 1 saturated heterocycles. The number of hydrogen-bond donors (Lipinski definition) is 1. The van der Waals surface area contributed by atoms with Crippen molar-refractivity contribution in [1.29, 1.82) is 0 Å². The fraction of sp³-hybridized carbons (Fsp3) is 0.333. The van der Waals surface area contributed by atoms with E-state index in [1.807, 2.05) is 18.3 Å². The lowest BCUT2D eigenvalue weighted by Crippen LogP contribution is -2.34. The van der Waals surface area contributed by atoms with Crippen molar-refractivity contribution in [3.63, 3.8) is 0 Å². The fourth-order valence-electron chi connectivity index (χ4n) is 5.51. The van der Waals surface area contributed by atoms with Gasteiger partial charge in [-0.05, 0) is 115 Å². The van der Waals surface area contributed by atoms with Crippen LogP contribution in [0, 0.1) is 6.92 Å². The Morgan fingerprint density at radius 2 is 1.89 bits per heavy atom. The number of Topliss-reactive ketones (excluding diaryl/α,β-unsaturated/α-hetero) is 1. The van der Waals surface area contributed by atoms with Gasteiger partial charge in [0.2, 0.25) is 0 Å². The number of carbonyl (C=O) groups is 1. The number of carbonyl (C=O) groups excluding carboxylic acids is 1. The zero-order valence-electron chi connectivity index (χ0n) is 21.7. The van der Waals surface area contributed by atoms with Gasteiger partial charge in [-0.1, -0.05) is 42.0 Å². The first-order chi connectivity index (χ1) is 17.9. The number of aromatic nitrogens is 1. The highest BCUT2D eigenvalue weighted by Crippen LogP contribution is 2.40. The number of nitrogens with one attached hydrogen (secondary N) is 1. The molecule has 0 bridgehead atoms. The second kappa shape index (κ2) is 11.7. The number of aryl methyl sites for hydroxylation is 1. The number of piperidine rings is 1. The summed E-state index contributed by atoms with van der Waals surface area (Å²) in [6.45, 7) is 10.0. The van der Waals surface area contributed by atoms with Crippen LogP contribution in [0.4, 0.5) is 5.69 Å². The molecule has 192 valence electrons. The number of nitrogens with zero attached hydrogens (tertiary/aromatic N) is 3. The van der Waals surface area contributed by atoms with Crippen molar-refractivity contribution in [2.24, 2.45) is 0 Å². The molecule has 37 heavy (non-hydrogen) atoms. The molecule has 5 nitrogen and oxygen atoms in total. The quantitative estimate of drug-likeness (QED) is 0.170. The van der Waals surface area contributed by atoms with Gasteiger partial charge in [0, 0.05) is 36.1 Å². The van der Waals surface area contributed by atoms with Crippen LogP contribution in [0.3, 0.4) is 0 Å². The molecule has 2 aromatic carbocycles. The van der Waals surface area contributed by atoms with Gasteiger partial charge in [-0.2, -0.15) is 0 Å². The van der Waals surface area contributed by atoms with E-state index in [2.05, 4.69) is 98.5 Å². The number of likely N-dealkylation sites (tertiary alicyclic amines) is 1. The second-order valence-corrected chi connectivity index (χ2v) is 12.2. The summed E-state index contributed by atoms with van der Waals surface area (Å²) in [5.41, 5.74) is 14.4. The van der Waals surface area contributed by atoms with E-state index in [4.69, 9.17) is 0 Å². The minimum Gasteiger partial charge on any atom is -0.299 e. The van der Waals surface area contributed by atoms with Crippen molar-refractivity contribution in [2.45, 2.75) is 46.1 Å². The number of rotatable bonds is 7. The van der Waals surface area contributed by atoms with Crippen LogP contribution in [0.5, 0.6) is 0 Å². The number of hydrazine groups is 1. The maximum absolute atomic E-state index is 11.6. The highest BCUT2D eigenvalue weighted by atomic mass is 127. The summed E-state index contributed by atoms with van der Waals surface area (Å²) in [5, 5.41) is 0. The Morgan fingerprint density at radius 3 is 2.59 bits per heavy atom. The summed E-state index contributed by atoms with van der Waals surface area (Å²) in [4.78, 5) is 18.8. The molecular formula is C30H34IN4OP. The van der Waals surface area contributed by atoms with E-state index in [-0.39, 0.29) is 5.78 Å². The molecule has 0 aliphatic carbocycles. The normalized spacial score (nSPS) is 17.1. The first kappa shape index (κ1) is 26.5. The lowest BCUT2D eigenvalue weighted by atomic mass is 9.88. The van der Waals surface area contributed by atoms with Crippen molar-refractivity contribution >= 4 is 46.0 Å². The second-order valence-electron chi connectivity index (χ2n) is 10.2. The van der Waals surface area contributed by atoms with Gasteiger partial charge < -0.3 is 0 Å². The first-order valence-electron chi connectivity index (χ1n) is 12.9. The third-order valence-electron chi connectivity index (χ3n) is 7.57. The molecule has 7 heteroatoms. The van der Waals surface area contributed by atoms with Crippen molar-refractivity contribution in [1.82, 2.24) is 15.3 Å². The van der Waals surface area contributed by atoms with E-state index in [1.165, 1.54) is 39.1 Å². The van der Waals surface area contributed by atoms with Crippen molar-refractivity contribution in [3.05, 3.63) is 88.2 Å². The Hall–Kier alpha value is -2.12. The van der Waals surface area contributed by atoms with Crippen LogP contribution in [0.25, 0.3) is 17.2 Å². The van der Waals surface area contributed by atoms with Gasteiger partial charge in [0.25, 0.3) is 0 Å². The lowest BCUT2D eigenvalue weighted by molar-refractivity contribution is 0.101. The summed E-state index contributed by atoms with van der Waals surface area (Å²) in [6, 6.07) is 17.2. The van der Waals surface area contributed by atoms with Gasteiger partial charge >= 0.3 is 0 Å². The topological polar surface area (TPSA) is 48.5 Å². The molecule has 2 aliphatic rings. The molecule has 0 radical (unpaired) electrons. The summed E-state index contributed by atoms with van der Waals surface area (Å²) in [6.07, 6.45) is 7.26. The first-order valence-corrected chi connectivity index (χ1v) is 17.0. The van der Waals surface area contributed by atoms with Gasteiger partial charge in [-0.15, -0.1) is 0 Å². The van der Waals surface area contributed by atoms with E-state index < -0.39 is 0 Å². The lowest BCUT2D eigenvalue weighted by Gasteiger charge is -2.32. The number of fused-ring (bicyclic) bond motifs is 1. The number of anilines is 1. The zero-order valence-corrected chi connectivity index (χ0v) is 24.9. The monoisotopic (exact) mass is 624 g/mol. The van der Waals surface area contributed by atoms with Gasteiger partial charge in [-0.3, -0.25) is 19.5 Å². The Balaban J connectivity index is 1.27.